The molecule has 0 aromatic carbocycles. The van der Waals surface area contributed by atoms with Crippen LogP contribution in [-0.2, 0) is 13.6 Å². The molecule has 0 aromatic heterocycles. The van der Waals surface area contributed by atoms with E-state index in [1.165, 1.54) is 0 Å². The van der Waals surface area contributed by atoms with E-state index in [9.17, 15) is 14.6 Å². The Morgan fingerprint density at radius 1 is 1.24 bits per heavy atom. The first kappa shape index (κ1) is 21.0. The largest absolute Gasteiger partial charge is 0.472 e. The van der Waals surface area contributed by atoms with Gasteiger partial charge in [-0.2, -0.15) is 0 Å². The van der Waals surface area contributed by atoms with Crippen LogP contribution < -0.4 is 0 Å². The summed E-state index contributed by atoms with van der Waals surface area (Å²) in [6, 6.07) is 0. The van der Waals surface area contributed by atoms with Gasteiger partial charge in [0.2, 0.25) is 0 Å². The lowest BCUT2D eigenvalue weighted by Gasteiger charge is -2.26. The second-order valence-electron chi connectivity index (χ2n) is 6.21. The molecule has 0 aliphatic carbocycles. The maximum absolute atomic E-state index is 11.9. The molecule has 7 nitrogen and oxygen atoms in total. The van der Waals surface area contributed by atoms with Gasteiger partial charge in [-0.1, -0.05) is 26.2 Å². The Bertz CT molecular complexity index is 320. The number of aliphatic hydroxyl groups is 2. The maximum Gasteiger partial charge on any atom is 0.472 e. The van der Waals surface area contributed by atoms with E-state index in [1.54, 1.807) is 0 Å². The van der Waals surface area contributed by atoms with Gasteiger partial charge < -0.3 is 19.6 Å². The minimum absolute atomic E-state index is 0.0776. The molecule has 0 saturated carbocycles. The summed E-state index contributed by atoms with van der Waals surface area (Å²) < 4.78 is 22.4. The van der Waals surface area contributed by atoms with E-state index in [2.05, 4.69) is 0 Å². The maximum atomic E-state index is 11.9. The van der Waals surface area contributed by atoms with Crippen molar-refractivity contribution < 1.29 is 33.2 Å². The Balaban J connectivity index is 4.40. The van der Waals surface area contributed by atoms with Crippen molar-refractivity contribution >= 4 is 7.82 Å². The van der Waals surface area contributed by atoms with E-state index in [0.29, 0.717) is 17.4 Å². The predicted molar refractivity (Wildman–Crippen MR) is 80.8 cm³/mol. The standard InChI is InChI=1S/C13H30NO6P/c1-5-6-7-8-13(12(16)11-15)20-21(17,18)19-10-9-14(2,3)4/h12-13,15-16H,5-11H2,1-4H3/p+1/t12-,13?/m0/s1. The van der Waals surface area contributed by atoms with Crippen molar-refractivity contribution in [3.63, 3.8) is 0 Å². The molecule has 3 N–H and O–H groups in total. The van der Waals surface area contributed by atoms with E-state index >= 15 is 0 Å². The van der Waals surface area contributed by atoms with Crippen molar-refractivity contribution in [2.75, 3.05) is 40.9 Å². The predicted octanol–water partition coefficient (Wildman–Crippen LogP) is 1.13. The average molecular weight is 328 g/mol. The van der Waals surface area contributed by atoms with Gasteiger partial charge in [0, 0.05) is 0 Å². The van der Waals surface area contributed by atoms with Gasteiger partial charge in [0.25, 0.3) is 0 Å². The molecule has 0 aromatic rings. The highest BCUT2D eigenvalue weighted by molar-refractivity contribution is 7.47. The molecule has 3 atom stereocenters. The van der Waals surface area contributed by atoms with Crippen molar-refractivity contribution in [3.05, 3.63) is 0 Å². The molecule has 0 aliphatic rings. The molecule has 0 heterocycles. The Morgan fingerprint density at radius 2 is 1.86 bits per heavy atom. The number of phosphoric acid groups is 1. The smallest absolute Gasteiger partial charge is 0.394 e. The fourth-order valence-corrected chi connectivity index (χ4v) is 2.62. The van der Waals surface area contributed by atoms with E-state index in [0.717, 1.165) is 19.3 Å². The zero-order chi connectivity index (χ0) is 16.5. The van der Waals surface area contributed by atoms with Crippen molar-refractivity contribution in [1.29, 1.82) is 0 Å². The summed E-state index contributed by atoms with van der Waals surface area (Å²) in [5, 5.41) is 18.7. The zero-order valence-electron chi connectivity index (χ0n) is 13.6. The summed E-state index contributed by atoms with van der Waals surface area (Å²) in [7, 11) is 1.59. The highest BCUT2D eigenvalue weighted by atomic mass is 31.2. The SMILES string of the molecule is CCCCCC(OP(=O)(O)OCC[N+](C)(C)C)[C@@H](O)CO. The van der Waals surface area contributed by atoms with Crippen LogP contribution >= 0.6 is 7.82 Å². The number of likely N-dealkylation sites (N-methyl/N-ethyl adjacent to an activating group) is 1. The van der Waals surface area contributed by atoms with E-state index in [-0.39, 0.29) is 6.61 Å². The van der Waals surface area contributed by atoms with Gasteiger partial charge in [-0.05, 0) is 6.42 Å². The molecule has 0 aliphatic heterocycles. The van der Waals surface area contributed by atoms with Crippen molar-refractivity contribution in [2.24, 2.45) is 0 Å². The summed E-state index contributed by atoms with van der Waals surface area (Å²) in [5.74, 6) is 0. The molecule has 2 unspecified atom stereocenters. The number of unbranched alkanes of at least 4 members (excludes halogenated alkanes) is 2. The first-order valence-electron chi connectivity index (χ1n) is 7.36. The van der Waals surface area contributed by atoms with Gasteiger partial charge in [0.05, 0.1) is 33.9 Å². The van der Waals surface area contributed by atoms with Crippen LogP contribution in [-0.4, -0.2) is 72.7 Å². The second-order valence-corrected chi connectivity index (χ2v) is 7.61. The van der Waals surface area contributed by atoms with E-state index < -0.39 is 26.6 Å². The molecule has 0 fully saturated rings. The number of phosphoric ester groups is 1. The molecule has 0 saturated heterocycles. The summed E-state index contributed by atoms with van der Waals surface area (Å²) in [5.41, 5.74) is 0. The van der Waals surface area contributed by atoms with Gasteiger partial charge in [-0.3, -0.25) is 9.05 Å². The first-order chi connectivity index (χ1) is 9.61. The second kappa shape index (κ2) is 9.90. The molecule has 0 spiro atoms. The van der Waals surface area contributed by atoms with Crippen LogP contribution in [0.2, 0.25) is 0 Å². The van der Waals surface area contributed by atoms with Gasteiger partial charge >= 0.3 is 7.82 Å². The average Bonchev–Trinajstić information content (AvgIpc) is 2.34. The third kappa shape index (κ3) is 11.2. The number of nitrogens with zero attached hydrogens (tertiary/aromatic N) is 1. The van der Waals surface area contributed by atoms with Crippen LogP contribution in [0.5, 0.6) is 0 Å². The molecular formula is C13H31NO6P+. The summed E-state index contributed by atoms with van der Waals surface area (Å²) >= 11 is 0. The minimum Gasteiger partial charge on any atom is -0.394 e. The van der Waals surface area contributed by atoms with Crippen molar-refractivity contribution in [2.45, 2.75) is 44.8 Å². The Morgan fingerprint density at radius 3 is 2.33 bits per heavy atom. The van der Waals surface area contributed by atoms with Crippen LogP contribution in [0.1, 0.15) is 32.6 Å². The lowest BCUT2D eigenvalue weighted by Crippen LogP contribution is -2.37. The third-order valence-corrected chi connectivity index (χ3v) is 4.04. The molecule has 21 heavy (non-hydrogen) atoms. The molecular weight excluding hydrogens is 297 g/mol. The van der Waals surface area contributed by atoms with Crippen LogP contribution in [0, 0.1) is 0 Å². The summed E-state index contributed by atoms with van der Waals surface area (Å²) in [4.78, 5) is 9.69. The number of hydrogen-bond acceptors (Lipinski definition) is 5. The number of quaternary nitrogens is 1. The lowest BCUT2D eigenvalue weighted by molar-refractivity contribution is -0.870. The zero-order valence-corrected chi connectivity index (χ0v) is 14.5. The van der Waals surface area contributed by atoms with Gasteiger partial charge in [0.1, 0.15) is 19.3 Å². The number of rotatable bonds is 12. The third-order valence-electron chi connectivity index (χ3n) is 2.99. The van der Waals surface area contributed by atoms with Gasteiger partial charge in [-0.15, -0.1) is 0 Å². The fourth-order valence-electron chi connectivity index (χ4n) is 1.66. The molecule has 0 rings (SSSR count). The van der Waals surface area contributed by atoms with Crippen molar-refractivity contribution in [1.82, 2.24) is 0 Å². The number of aliphatic hydroxyl groups excluding tert-OH is 2. The molecule has 128 valence electrons. The van der Waals surface area contributed by atoms with Crippen LogP contribution in [0.3, 0.4) is 0 Å². The van der Waals surface area contributed by atoms with Crippen LogP contribution in [0.25, 0.3) is 0 Å². The van der Waals surface area contributed by atoms with E-state index in [4.69, 9.17) is 14.2 Å². The number of hydrogen-bond donors (Lipinski definition) is 3. The van der Waals surface area contributed by atoms with Crippen LogP contribution in [0.4, 0.5) is 0 Å². The topological polar surface area (TPSA) is 96.2 Å². The normalized spacial score (nSPS) is 18.2. The van der Waals surface area contributed by atoms with Gasteiger partial charge in [-0.25, -0.2) is 4.57 Å². The molecule has 0 radical (unpaired) electrons. The molecule has 0 amide bonds. The fraction of sp³-hybridized carbons (Fsp3) is 1.00. The van der Waals surface area contributed by atoms with Crippen molar-refractivity contribution in [3.8, 4) is 0 Å². The van der Waals surface area contributed by atoms with E-state index in [1.807, 2.05) is 28.1 Å². The first-order valence-corrected chi connectivity index (χ1v) is 8.86. The quantitative estimate of drug-likeness (QED) is 0.282. The Kier molecular flexibility index (Phi) is 9.89. The minimum atomic E-state index is -4.23. The molecule has 8 heteroatoms. The Labute approximate surface area is 127 Å². The lowest BCUT2D eigenvalue weighted by atomic mass is 10.1. The summed E-state index contributed by atoms with van der Waals surface area (Å²) in [6.07, 6.45) is 0.968. The highest BCUT2D eigenvalue weighted by Gasteiger charge is 2.31. The summed E-state index contributed by atoms with van der Waals surface area (Å²) in [6.45, 7) is 2.14. The van der Waals surface area contributed by atoms with Crippen LogP contribution in [0.15, 0.2) is 0 Å². The van der Waals surface area contributed by atoms with Gasteiger partial charge in [0.15, 0.2) is 0 Å². The highest BCUT2D eigenvalue weighted by Crippen LogP contribution is 2.45. The molecule has 0 bridgehead atoms. The Hall–Kier alpha value is -0.0100. The monoisotopic (exact) mass is 328 g/mol.